The maximum absolute atomic E-state index is 14.7. The molecule has 0 saturated carbocycles. The van der Waals surface area contributed by atoms with E-state index in [9.17, 15) is 31.9 Å². The Kier molecular flexibility index (Phi) is 8.58. The summed E-state index contributed by atoms with van der Waals surface area (Å²) in [7, 11) is 0. The van der Waals surface area contributed by atoms with Gasteiger partial charge in [0.2, 0.25) is 11.5 Å². The standard InChI is InChI=1S/C33H25ClF4N10O3/c1-17-3-2-4-26(23-9-18(7-8-39-23)31-24(42-32(17)51)14-47(44-31)27-12-29(49)40-13-21(27)35)46-16-41-22(11-30(46)50)20-10-19(34)5-6-25(20)48-15-28(43-45-48)33(36,37)38/h5-17,26H,2-4H2,1H3,(H,40,49)(H,42,51). The van der Waals surface area contributed by atoms with Crippen LogP contribution in [-0.2, 0) is 11.0 Å². The third kappa shape index (κ3) is 6.66. The van der Waals surface area contributed by atoms with Crippen molar-refractivity contribution in [3.05, 3.63) is 117 Å². The largest absolute Gasteiger partial charge is 0.436 e. The maximum atomic E-state index is 14.7. The van der Waals surface area contributed by atoms with Crippen molar-refractivity contribution in [2.45, 2.75) is 38.4 Å². The van der Waals surface area contributed by atoms with Gasteiger partial charge in [0, 0.05) is 46.6 Å². The van der Waals surface area contributed by atoms with Crippen molar-refractivity contribution < 1.29 is 22.4 Å². The number of hydrogen-bond donors (Lipinski definition) is 2. The first-order valence-corrected chi connectivity index (χ1v) is 15.9. The Morgan fingerprint density at radius 3 is 2.55 bits per heavy atom. The van der Waals surface area contributed by atoms with E-state index in [-0.39, 0.29) is 44.9 Å². The fourth-order valence-corrected chi connectivity index (χ4v) is 6.02. The Hall–Kier alpha value is -5.97. The van der Waals surface area contributed by atoms with Gasteiger partial charge in [-0.05, 0) is 43.2 Å². The zero-order valence-electron chi connectivity index (χ0n) is 26.4. The number of alkyl halides is 3. The van der Waals surface area contributed by atoms with E-state index in [2.05, 4.69) is 35.7 Å². The van der Waals surface area contributed by atoms with Crippen molar-refractivity contribution in [2.24, 2.45) is 5.92 Å². The number of nitrogens with zero attached hydrogens (tertiary/aromatic N) is 8. The van der Waals surface area contributed by atoms with Gasteiger partial charge in [-0.2, -0.15) is 18.3 Å². The predicted molar refractivity (Wildman–Crippen MR) is 176 cm³/mol. The fourth-order valence-electron chi connectivity index (χ4n) is 5.85. The first-order chi connectivity index (χ1) is 24.4. The molecule has 5 aromatic heterocycles. The van der Waals surface area contributed by atoms with Crippen LogP contribution in [0.1, 0.15) is 43.6 Å². The van der Waals surface area contributed by atoms with E-state index in [4.69, 9.17) is 11.6 Å². The summed E-state index contributed by atoms with van der Waals surface area (Å²) in [6, 6.07) is 9.33. The quantitative estimate of drug-likeness (QED) is 0.223. The van der Waals surface area contributed by atoms with Gasteiger partial charge in [0.15, 0.2) is 11.5 Å². The van der Waals surface area contributed by atoms with Crippen LogP contribution in [0.15, 0.2) is 83.2 Å². The molecular weight excluding hydrogens is 696 g/mol. The SMILES string of the molecule is CC1CCCC(n2cnc(-c3cc(Cl)ccc3-n3cc(C(F)(F)F)nn3)cc2=O)c2cc(ccn2)-c2nn(-c3cc(=O)[nH]cc3F)cc2NC1=O. The molecule has 51 heavy (non-hydrogen) atoms. The molecule has 260 valence electrons. The molecule has 1 aromatic carbocycles. The topological polar surface area (TPSA) is 158 Å². The number of nitrogens with one attached hydrogen (secondary N) is 2. The number of halogens is 5. The van der Waals surface area contributed by atoms with Gasteiger partial charge >= 0.3 is 6.18 Å². The molecule has 1 amide bonds. The van der Waals surface area contributed by atoms with Gasteiger partial charge < -0.3 is 10.3 Å². The van der Waals surface area contributed by atoms with Gasteiger partial charge in [-0.15, -0.1) is 5.10 Å². The molecular formula is C33H25ClF4N10O3. The van der Waals surface area contributed by atoms with Crippen molar-refractivity contribution in [3.8, 4) is 33.9 Å². The Bertz CT molecular complexity index is 2420. The Morgan fingerprint density at radius 2 is 1.78 bits per heavy atom. The normalized spacial score (nSPS) is 16.5. The lowest BCUT2D eigenvalue weighted by atomic mass is 9.97. The average Bonchev–Trinajstić information content (AvgIpc) is 3.76. The highest BCUT2D eigenvalue weighted by atomic mass is 35.5. The van der Waals surface area contributed by atoms with Crippen LogP contribution in [0.5, 0.6) is 0 Å². The summed E-state index contributed by atoms with van der Waals surface area (Å²) in [6.45, 7) is 1.76. The zero-order chi connectivity index (χ0) is 36.0. The van der Waals surface area contributed by atoms with Crippen LogP contribution in [0, 0.1) is 11.7 Å². The minimum Gasteiger partial charge on any atom is -0.326 e. The molecule has 2 N–H and O–H groups in total. The summed E-state index contributed by atoms with van der Waals surface area (Å²) in [6.07, 6.45) is 2.52. The molecule has 0 fully saturated rings. The molecule has 18 heteroatoms. The molecule has 0 saturated heterocycles. The van der Waals surface area contributed by atoms with Gasteiger partial charge in [0.05, 0.1) is 47.5 Å². The van der Waals surface area contributed by atoms with E-state index >= 15 is 0 Å². The van der Waals surface area contributed by atoms with Crippen LogP contribution in [0.3, 0.4) is 0 Å². The van der Waals surface area contributed by atoms with Crippen LogP contribution >= 0.6 is 11.6 Å². The van der Waals surface area contributed by atoms with Gasteiger partial charge in [0.25, 0.3) is 5.56 Å². The number of anilines is 1. The van der Waals surface area contributed by atoms with Crippen molar-refractivity contribution in [2.75, 3.05) is 5.32 Å². The fraction of sp³-hybridized carbons (Fsp3) is 0.212. The second-order valence-electron chi connectivity index (χ2n) is 11.9. The monoisotopic (exact) mass is 720 g/mol. The number of carbonyl (C=O) groups is 1. The molecule has 2 atom stereocenters. The number of rotatable bonds is 4. The number of fused-ring (bicyclic) bond motifs is 4. The Balaban J connectivity index is 1.30. The van der Waals surface area contributed by atoms with E-state index in [1.807, 2.05) is 0 Å². The minimum absolute atomic E-state index is 0.125. The highest BCUT2D eigenvalue weighted by Gasteiger charge is 2.35. The lowest BCUT2D eigenvalue weighted by molar-refractivity contribution is -0.141. The van der Waals surface area contributed by atoms with Crippen molar-refractivity contribution in [3.63, 3.8) is 0 Å². The van der Waals surface area contributed by atoms with Crippen LogP contribution < -0.4 is 16.4 Å². The van der Waals surface area contributed by atoms with Gasteiger partial charge in [0.1, 0.15) is 11.4 Å². The number of pyridine rings is 2. The lowest BCUT2D eigenvalue weighted by Crippen LogP contribution is -2.27. The maximum Gasteiger partial charge on any atom is 0.436 e. The number of aromatic amines is 1. The summed E-state index contributed by atoms with van der Waals surface area (Å²) in [5.41, 5.74) is -0.336. The number of carbonyl (C=O) groups excluding carboxylic acids is 1. The predicted octanol–water partition coefficient (Wildman–Crippen LogP) is 5.59. The first-order valence-electron chi connectivity index (χ1n) is 15.5. The van der Waals surface area contributed by atoms with E-state index in [1.54, 1.807) is 19.1 Å². The number of hydrogen-bond acceptors (Lipinski definition) is 8. The minimum atomic E-state index is -4.72. The molecule has 6 aromatic rings. The second kappa shape index (κ2) is 13.1. The summed E-state index contributed by atoms with van der Waals surface area (Å²) in [5.74, 6) is -1.50. The van der Waals surface area contributed by atoms with Crippen LogP contribution in [0.4, 0.5) is 23.2 Å². The number of amides is 1. The smallest absolute Gasteiger partial charge is 0.326 e. The molecule has 1 aliphatic rings. The van der Waals surface area contributed by atoms with Crippen LogP contribution in [-0.4, -0.2) is 50.2 Å². The average molecular weight is 721 g/mol. The van der Waals surface area contributed by atoms with Gasteiger partial charge in [-0.1, -0.05) is 30.2 Å². The summed E-state index contributed by atoms with van der Waals surface area (Å²) >= 11 is 6.25. The molecule has 0 spiro atoms. The van der Waals surface area contributed by atoms with Crippen molar-refractivity contribution in [1.29, 1.82) is 0 Å². The summed E-state index contributed by atoms with van der Waals surface area (Å²) in [5, 5.41) is 14.5. The number of H-pyrrole nitrogens is 1. The molecule has 7 rings (SSSR count). The molecule has 2 bridgehead atoms. The first kappa shape index (κ1) is 33.5. The molecule has 2 unspecified atom stereocenters. The third-order valence-electron chi connectivity index (χ3n) is 8.47. The van der Waals surface area contributed by atoms with E-state index < -0.39 is 40.8 Å². The van der Waals surface area contributed by atoms with Crippen molar-refractivity contribution >= 4 is 23.2 Å². The second-order valence-corrected chi connectivity index (χ2v) is 12.3. The molecule has 6 heterocycles. The molecule has 13 nitrogen and oxygen atoms in total. The number of benzene rings is 1. The third-order valence-corrected chi connectivity index (χ3v) is 8.70. The van der Waals surface area contributed by atoms with E-state index in [0.717, 1.165) is 27.8 Å². The Morgan fingerprint density at radius 1 is 0.961 bits per heavy atom. The molecule has 0 aliphatic carbocycles. The molecule has 0 radical (unpaired) electrons. The van der Waals surface area contributed by atoms with Crippen molar-refractivity contribution in [1.82, 2.24) is 44.3 Å². The lowest BCUT2D eigenvalue weighted by Gasteiger charge is -2.22. The highest BCUT2D eigenvalue weighted by molar-refractivity contribution is 6.31. The highest BCUT2D eigenvalue weighted by Crippen LogP contribution is 2.34. The zero-order valence-corrected chi connectivity index (χ0v) is 27.2. The van der Waals surface area contributed by atoms with Gasteiger partial charge in [-0.25, -0.2) is 18.7 Å². The van der Waals surface area contributed by atoms with Gasteiger partial charge in [-0.3, -0.25) is 23.9 Å². The van der Waals surface area contributed by atoms with E-state index in [0.29, 0.717) is 30.5 Å². The summed E-state index contributed by atoms with van der Waals surface area (Å²) < 4.78 is 58.0. The Labute approximate surface area is 289 Å². The van der Waals surface area contributed by atoms with E-state index in [1.165, 1.54) is 47.6 Å². The molecule has 1 aliphatic heterocycles. The number of aromatic nitrogens is 9. The van der Waals surface area contributed by atoms with Crippen LogP contribution in [0.25, 0.3) is 33.9 Å². The van der Waals surface area contributed by atoms with Crippen LogP contribution in [0.2, 0.25) is 5.02 Å². The summed E-state index contributed by atoms with van der Waals surface area (Å²) in [4.78, 5) is 50.4.